The average molecular weight is 1090 g/mol. The predicted octanol–water partition coefficient (Wildman–Crippen LogP) is 14.2. The summed E-state index contributed by atoms with van der Waals surface area (Å²) in [5.74, 6) is 2.68. The van der Waals surface area contributed by atoms with Crippen molar-refractivity contribution in [2.75, 3.05) is 13.2 Å². The van der Waals surface area contributed by atoms with Gasteiger partial charge in [-0.2, -0.15) is 0 Å². The number of nitrogens with zero attached hydrogens (tertiary/aromatic N) is 4. The summed E-state index contributed by atoms with van der Waals surface area (Å²) < 4.78 is 23.6. The molecule has 402 valence electrons. The van der Waals surface area contributed by atoms with Crippen molar-refractivity contribution < 1.29 is 38.1 Å². The number of halogens is 1. The number of esters is 2. The lowest BCUT2D eigenvalue weighted by molar-refractivity contribution is -0.159. The smallest absolute Gasteiger partial charge is 0.349 e. The van der Waals surface area contributed by atoms with Gasteiger partial charge in [-0.15, -0.1) is 0 Å². The van der Waals surface area contributed by atoms with Crippen LogP contribution in [0.25, 0.3) is 22.3 Å². The van der Waals surface area contributed by atoms with E-state index in [0.717, 1.165) is 139 Å². The molecule has 4 aromatic carbocycles. The highest BCUT2D eigenvalue weighted by molar-refractivity contribution is 9.10. The average Bonchev–Trinajstić information content (AvgIpc) is 3.79. The van der Waals surface area contributed by atoms with Crippen LogP contribution in [0.3, 0.4) is 0 Å². The molecular weight excluding hydrogens is 1010 g/mol. The molecule has 4 aliphatic rings. The first-order valence-electron chi connectivity index (χ1n) is 27.6. The van der Waals surface area contributed by atoms with E-state index in [1.807, 2.05) is 64.4 Å². The maximum atomic E-state index is 13.6. The second-order valence-corrected chi connectivity index (χ2v) is 22.3. The van der Waals surface area contributed by atoms with Crippen LogP contribution in [0.4, 0.5) is 0 Å². The minimum absolute atomic E-state index is 0.177. The number of carbonyl (C=O) groups is 4. The highest BCUT2D eigenvalue weighted by Gasteiger charge is 2.49. The molecule has 75 heavy (non-hydrogen) atoms. The molecule has 12 nitrogen and oxygen atoms in total. The second-order valence-electron chi connectivity index (χ2n) is 21.4. The van der Waals surface area contributed by atoms with Crippen molar-refractivity contribution in [3.63, 3.8) is 0 Å². The molecule has 0 atom stereocenters. The Hall–Kier alpha value is -5.82. The molecule has 0 aromatic heterocycles. The summed E-state index contributed by atoms with van der Waals surface area (Å²) in [7, 11) is 0. The quantitative estimate of drug-likeness (QED) is 0.0798. The van der Waals surface area contributed by atoms with Crippen molar-refractivity contribution in [2.24, 2.45) is 9.98 Å². The molecule has 0 bridgehead atoms. The lowest BCUT2D eigenvalue weighted by atomic mass is 9.82. The van der Waals surface area contributed by atoms with Gasteiger partial charge in [0.2, 0.25) is 0 Å². The number of para-hydroxylation sites is 1. The van der Waals surface area contributed by atoms with Crippen molar-refractivity contribution in [2.45, 2.75) is 193 Å². The number of hydrogen-bond acceptors (Lipinski definition) is 10. The van der Waals surface area contributed by atoms with Gasteiger partial charge in [0.1, 0.15) is 34.2 Å². The van der Waals surface area contributed by atoms with E-state index in [1.165, 1.54) is 12.8 Å². The standard InChI is InChI=1S/C31H39BrN2O4.C31H40N2O4/c1-5-7-11-27-33-31(18-9-8-10-19-31)28(35)34(27)21-22-12-14-23(15-13-22)25-20-24(32)16-17-26(25)38-30(3,4)29(36)37-6-2;1-5-7-15-27-32-31(20-11-8-12-21-31)28(34)33(27)22-23-16-18-24(19-17-23)25-13-9-10-14-26(25)37-30(3,4)29(35)36-6-2/h12-17,20H,5-11,18-19,21H2,1-4H3;9-10,13-14,16-19H,5-8,11-12,15,20-22H2,1-4H3. The fourth-order valence-electron chi connectivity index (χ4n) is 10.5. The number of amidine groups is 2. The molecule has 13 heteroatoms. The topological polar surface area (TPSA) is 136 Å². The van der Waals surface area contributed by atoms with Crippen LogP contribution in [0.5, 0.6) is 11.5 Å². The third-order valence-corrected chi connectivity index (χ3v) is 15.3. The Kier molecular flexibility index (Phi) is 19.2. The first kappa shape index (κ1) is 56.9. The molecule has 8 rings (SSSR count). The summed E-state index contributed by atoms with van der Waals surface area (Å²) in [5.41, 5.74) is 2.55. The molecule has 2 heterocycles. The summed E-state index contributed by atoms with van der Waals surface area (Å²) in [6.07, 6.45) is 16.1. The van der Waals surface area contributed by atoms with Gasteiger partial charge >= 0.3 is 11.9 Å². The normalized spacial score (nSPS) is 17.1. The van der Waals surface area contributed by atoms with Crippen molar-refractivity contribution in [1.82, 2.24) is 9.80 Å². The van der Waals surface area contributed by atoms with E-state index in [4.69, 9.17) is 28.9 Å². The van der Waals surface area contributed by atoms with Gasteiger partial charge in [-0.3, -0.25) is 29.4 Å². The highest BCUT2D eigenvalue weighted by Crippen LogP contribution is 2.42. The summed E-state index contributed by atoms with van der Waals surface area (Å²) in [6, 6.07) is 29.9. The van der Waals surface area contributed by atoms with Crippen molar-refractivity contribution >= 4 is 51.4 Å². The van der Waals surface area contributed by atoms with Gasteiger partial charge in [0, 0.05) is 28.4 Å². The Morgan fingerprint density at radius 2 is 0.973 bits per heavy atom. The van der Waals surface area contributed by atoms with E-state index >= 15 is 0 Å². The molecule has 0 saturated heterocycles. The molecule has 2 aliphatic heterocycles. The third-order valence-electron chi connectivity index (χ3n) is 14.8. The molecule has 0 N–H and O–H groups in total. The summed E-state index contributed by atoms with van der Waals surface area (Å²) in [4.78, 5) is 66.0. The monoisotopic (exact) mass is 1090 g/mol. The van der Waals surface area contributed by atoms with Crippen LogP contribution in [-0.4, -0.2) is 80.7 Å². The lowest BCUT2D eigenvalue weighted by Crippen LogP contribution is -2.43. The van der Waals surface area contributed by atoms with Gasteiger partial charge < -0.3 is 18.9 Å². The minimum Gasteiger partial charge on any atom is -0.476 e. The summed E-state index contributed by atoms with van der Waals surface area (Å²) in [5, 5.41) is 0. The maximum Gasteiger partial charge on any atom is 0.349 e. The van der Waals surface area contributed by atoms with Crippen LogP contribution in [0.2, 0.25) is 0 Å². The van der Waals surface area contributed by atoms with Gasteiger partial charge in [-0.05, 0) is 127 Å². The van der Waals surface area contributed by atoms with Crippen LogP contribution in [0, 0.1) is 0 Å². The van der Waals surface area contributed by atoms with E-state index in [-0.39, 0.29) is 11.8 Å². The van der Waals surface area contributed by atoms with E-state index in [1.54, 1.807) is 41.5 Å². The maximum absolute atomic E-state index is 13.6. The number of amides is 2. The number of unbranched alkanes of at least 4 members (excludes halogenated alkanes) is 2. The number of rotatable bonds is 20. The SMILES string of the molecule is CCCCC1=NC2(CCCCC2)C(=O)N1Cc1ccc(-c2cc(Br)ccc2OC(C)(C)C(=O)OCC)cc1.CCCCC1=NC2(CCCCC2)C(=O)N1Cc1ccc(-c2ccccc2OC(C)(C)C(=O)OCC)cc1. The number of hydrogen-bond donors (Lipinski definition) is 0. The molecule has 2 spiro atoms. The summed E-state index contributed by atoms with van der Waals surface area (Å²) >= 11 is 3.56. The molecule has 2 amide bonds. The molecule has 0 radical (unpaired) electrons. The zero-order chi connectivity index (χ0) is 53.8. The molecule has 2 aliphatic carbocycles. The molecule has 2 fully saturated rings. The Bertz CT molecular complexity index is 2680. The minimum atomic E-state index is -1.13. The summed E-state index contributed by atoms with van der Waals surface area (Å²) in [6.45, 7) is 16.4. The van der Waals surface area contributed by atoms with Crippen molar-refractivity contribution in [3.05, 3.63) is 107 Å². The fourth-order valence-corrected chi connectivity index (χ4v) is 10.9. The Morgan fingerprint density at radius 3 is 1.40 bits per heavy atom. The van der Waals surface area contributed by atoms with Gasteiger partial charge in [0.05, 0.1) is 26.3 Å². The number of carbonyl (C=O) groups excluding carboxylic acids is 4. The zero-order valence-corrected chi connectivity index (χ0v) is 47.3. The molecule has 0 unspecified atom stereocenters. The second kappa shape index (κ2) is 25.3. The number of aliphatic imine (C=N–C) groups is 2. The van der Waals surface area contributed by atoms with Gasteiger partial charge in [0.15, 0.2) is 11.2 Å². The van der Waals surface area contributed by atoms with Crippen LogP contribution < -0.4 is 9.47 Å². The molecule has 4 aromatic rings. The van der Waals surface area contributed by atoms with Crippen LogP contribution in [-0.2, 0) is 41.7 Å². The lowest BCUT2D eigenvalue weighted by Gasteiger charge is -2.29. The van der Waals surface area contributed by atoms with Gasteiger partial charge in [-0.1, -0.05) is 148 Å². The zero-order valence-electron chi connectivity index (χ0n) is 45.7. The Morgan fingerprint density at radius 1 is 0.560 bits per heavy atom. The van der Waals surface area contributed by atoms with E-state index in [2.05, 4.69) is 66.2 Å². The number of ether oxygens (including phenoxy) is 4. The van der Waals surface area contributed by atoms with E-state index in [9.17, 15) is 19.2 Å². The number of benzene rings is 4. The van der Waals surface area contributed by atoms with Crippen molar-refractivity contribution in [1.29, 1.82) is 0 Å². The molecule has 2 saturated carbocycles. The van der Waals surface area contributed by atoms with Crippen LogP contribution in [0.1, 0.15) is 169 Å². The van der Waals surface area contributed by atoms with Crippen LogP contribution in [0.15, 0.2) is 105 Å². The Balaban J connectivity index is 0.000000219. The van der Waals surface area contributed by atoms with Gasteiger partial charge in [-0.25, -0.2) is 9.59 Å². The van der Waals surface area contributed by atoms with E-state index < -0.39 is 34.2 Å². The van der Waals surface area contributed by atoms with Gasteiger partial charge in [0.25, 0.3) is 11.8 Å². The first-order chi connectivity index (χ1) is 36.0. The van der Waals surface area contributed by atoms with Crippen molar-refractivity contribution in [3.8, 4) is 33.8 Å². The third kappa shape index (κ3) is 13.6. The first-order valence-corrected chi connectivity index (χ1v) is 28.4. The largest absolute Gasteiger partial charge is 0.476 e. The predicted molar refractivity (Wildman–Crippen MR) is 301 cm³/mol. The van der Waals surface area contributed by atoms with Crippen LogP contribution >= 0.6 is 15.9 Å². The van der Waals surface area contributed by atoms with E-state index in [0.29, 0.717) is 37.8 Å². The Labute approximate surface area is 454 Å². The highest BCUT2D eigenvalue weighted by atomic mass is 79.9. The fraction of sp³-hybridized carbons (Fsp3) is 0.516. The molecular formula is C62H79BrN4O8.